The molecule has 0 aromatic carbocycles. The smallest absolute Gasteiger partial charge is 0.143 e. The van der Waals surface area contributed by atoms with Gasteiger partial charge < -0.3 is 15.1 Å². The van der Waals surface area contributed by atoms with Gasteiger partial charge in [0.25, 0.3) is 0 Å². The van der Waals surface area contributed by atoms with E-state index < -0.39 is 0 Å². The summed E-state index contributed by atoms with van der Waals surface area (Å²) in [4.78, 5) is 18.7. The number of likely N-dealkylation sites (N-methyl/N-ethyl adjacent to an activating group) is 1. The summed E-state index contributed by atoms with van der Waals surface area (Å²) in [7, 11) is 0. The van der Waals surface area contributed by atoms with Crippen molar-refractivity contribution in [2.75, 3.05) is 72.0 Å². The Bertz CT molecular complexity index is 321. The average Bonchev–Trinajstić information content (AvgIpc) is 2.51. The number of rotatable bonds is 8. The Hall–Kier alpha value is -0.490. The summed E-state index contributed by atoms with van der Waals surface area (Å²) in [5, 5.41) is 3.41. The highest BCUT2D eigenvalue weighted by molar-refractivity contribution is 5.77. The molecule has 128 valence electrons. The van der Waals surface area contributed by atoms with Crippen LogP contribution in [0.4, 0.5) is 0 Å². The molecule has 0 aromatic heterocycles. The fourth-order valence-electron chi connectivity index (χ4n) is 3.62. The minimum absolute atomic E-state index is 0.290. The number of carbonyl (C=O) groups is 1. The van der Waals surface area contributed by atoms with Crippen molar-refractivity contribution in [2.45, 2.75) is 26.7 Å². The molecule has 5 nitrogen and oxygen atoms in total. The number of Topliss-reactive ketones (excluding diaryl/α,β-unsaturated/α-hetero) is 1. The molecule has 0 aromatic rings. The number of hydrogen-bond donors (Lipinski definition) is 1. The lowest BCUT2D eigenvalue weighted by Gasteiger charge is -2.38. The van der Waals surface area contributed by atoms with Crippen LogP contribution >= 0.6 is 0 Å². The first kappa shape index (κ1) is 17.9. The van der Waals surface area contributed by atoms with Crippen molar-refractivity contribution in [1.82, 2.24) is 20.0 Å². The first-order valence-corrected chi connectivity index (χ1v) is 9.04. The number of hydrogen-bond acceptors (Lipinski definition) is 5. The molecule has 0 radical (unpaired) electrons. The second-order valence-electron chi connectivity index (χ2n) is 6.92. The molecule has 0 atom stereocenters. The molecule has 0 bridgehead atoms. The highest BCUT2D eigenvalue weighted by Gasteiger charge is 2.23. The molecule has 2 saturated heterocycles. The molecular formula is C17H34N4O. The van der Waals surface area contributed by atoms with Gasteiger partial charge in [-0.3, -0.25) is 9.69 Å². The van der Waals surface area contributed by atoms with Crippen LogP contribution in [0.15, 0.2) is 0 Å². The van der Waals surface area contributed by atoms with Gasteiger partial charge in [0.15, 0.2) is 0 Å². The normalized spacial score (nSPS) is 23.0. The quantitative estimate of drug-likeness (QED) is 0.662. The number of nitrogens with one attached hydrogen (secondary N) is 1. The summed E-state index contributed by atoms with van der Waals surface area (Å²) >= 11 is 0. The van der Waals surface area contributed by atoms with Crippen molar-refractivity contribution in [3.63, 3.8) is 0 Å². The van der Waals surface area contributed by atoms with E-state index in [9.17, 15) is 4.79 Å². The Balaban J connectivity index is 1.58. The Morgan fingerprint density at radius 3 is 2.23 bits per heavy atom. The van der Waals surface area contributed by atoms with Gasteiger partial charge in [-0.15, -0.1) is 0 Å². The summed E-state index contributed by atoms with van der Waals surface area (Å²) in [6.07, 6.45) is 2.69. The summed E-state index contributed by atoms with van der Waals surface area (Å²) in [5.41, 5.74) is 0. The molecule has 2 heterocycles. The van der Waals surface area contributed by atoms with Crippen LogP contribution in [-0.2, 0) is 4.79 Å². The number of carbonyl (C=O) groups excluding carboxylic acids is 1. The fourth-order valence-corrected chi connectivity index (χ4v) is 3.62. The zero-order valence-electron chi connectivity index (χ0n) is 14.5. The summed E-state index contributed by atoms with van der Waals surface area (Å²) < 4.78 is 0. The third-order valence-electron chi connectivity index (χ3n) is 4.99. The predicted molar refractivity (Wildman–Crippen MR) is 91.3 cm³/mol. The Morgan fingerprint density at radius 1 is 1.00 bits per heavy atom. The van der Waals surface area contributed by atoms with Crippen LogP contribution in [0.2, 0.25) is 0 Å². The van der Waals surface area contributed by atoms with E-state index in [4.69, 9.17) is 0 Å². The third kappa shape index (κ3) is 6.32. The van der Waals surface area contributed by atoms with E-state index >= 15 is 0 Å². The van der Waals surface area contributed by atoms with E-state index in [0.717, 1.165) is 45.2 Å². The Morgan fingerprint density at radius 2 is 1.64 bits per heavy atom. The van der Waals surface area contributed by atoms with Crippen LogP contribution in [0.3, 0.4) is 0 Å². The molecule has 0 unspecified atom stereocenters. The Kier molecular flexibility index (Phi) is 7.80. The van der Waals surface area contributed by atoms with E-state index in [1.54, 1.807) is 6.92 Å². The SMILES string of the molecule is CCNCCN1CCC(CN2CCN(CC(C)=O)CC2)CC1. The van der Waals surface area contributed by atoms with Gasteiger partial charge in [0.2, 0.25) is 0 Å². The van der Waals surface area contributed by atoms with Gasteiger partial charge in [0, 0.05) is 45.8 Å². The maximum Gasteiger partial charge on any atom is 0.143 e. The molecule has 2 aliphatic heterocycles. The second kappa shape index (κ2) is 9.60. The van der Waals surface area contributed by atoms with Crippen molar-refractivity contribution in [3.8, 4) is 0 Å². The number of likely N-dealkylation sites (tertiary alicyclic amines) is 1. The molecule has 22 heavy (non-hydrogen) atoms. The van der Waals surface area contributed by atoms with E-state index in [2.05, 4.69) is 26.9 Å². The van der Waals surface area contributed by atoms with Crippen molar-refractivity contribution in [1.29, 1.82) is 0 Å². The first-order chi connectivity index (χ1) is 10.7. The topological polar surface area (TPSA) is 38.8 Å². The molecule has 0 aliphatic carbocycles. The molecule has 5 heteroatoms. The molecule has 2 fully saturated rings. The summed E-state index contributed by atoms with van der Waals surface area (Å²) in [6, 6.07) is 0. The van der Waals surface area contributed by atoms with Crippen LogP contribution in [0.5, 0.6) is 0 Å². The van der Waals surface area contributed by atoms with Gasteiger partial charge in [0.1, 0.15) is 5.78 Å². The van der Waals surface area contributed by atoms with E-state index in [1.807, 2.05) is 0 Å². The zero-order chi connectivity index (χ0) is 15.8. The van der Waals surface area contributed by atoms with Crippen LogP contribution < -0.4 is 5.32 Å². The lowest BCUT2D eigenvalue weighted by molar-refractivity contribution is -0.118. The fraction of sp³-hybridized carbons (Fsp3) is 0.941. The summed E-state index contributed by atoms with van der Waals surface area (Å²) in [6.45, 7) is 16.1. The minimum Gasteiger partial charge on any atom is -0.316 e. The van der Waals surface area contributed by atoms with Crippen LogP contribution in [-0.4, -0.2) is 92.5 Å². The number of ketones is 1. The van der Waals surface area contributed by atoms with E-state index in [-0.39, 0.29) is 0 Å². The lowest BCUT2D eigenvalue weighted by Crippen LogP contribution is -2.49. The second-order valence-corrected chi connectivity index (χ2v) is 6.92. The monoisotopic (exact) mass is 310 g/mol. The van der Waals surface area contributed by atoms with E-state index in [1.165, 1.54) is 39.0 Å². The number of nitrogens with zero attached hydrogens (tertiary/aromatic N) is 3. The largest absolute Gasteiger partial charge is 0.316 e. The van der Waals surface area contributed by atoms with Gasteiger partial charge in [-0.25, -0.2) is 0 Å². The predicted octanol–water partition coefficient (Wildman–Crippen LogP) is 0.515. The minimum atomic E-state index is 0.290. The van der Waals surface area contributed by atoms with Gasteiger partial charge in [-0.05, 0) is 45.3 Å². The van der Waals surface area contributed by atoms with Crippen molar-refractivity contribution >= 4 is 5.78 Å². The molecule has 1 N–H and O–H groups in total. The average molecular weight is 310 g/mol. The molecule has 0 amide bonds. The van der Waals surface area contributed by atoms with Crippen molar-refractivity contribution in [3.05, 3.63) is 0 Å². The maximum atomic E-state index is 11.2. The van der Waals surface area contributed by atoms with Gasteiger partial charge >= 0.3 is 0 Å². The third-order valence-corrected chi connectivity index (χ3v) is 4.99. The molecule has 0 spiro atoms. The molecule has 2 aliphatic rings. The lowest BCUT2D eigenvalue weighted by atomic mass is 9.96. The van der Waals surface area contributed by atoms with Gasteiger partial charge in [-0.2, -0.15) is 0 Å². The van der Waals surface area contributed by atoms with Crippen molar-refractivity contribution in [2.24, 2.45) is 5.92 Å². The highest BCUT2D eigenvalue weighted by atomic mass is 16.1. The van der Waals surface area contributed by atoms with Crippen molar-refractivity contribution < 1.29 is 4.79 Å². The number of piperidine rings is 1. The van der Waals surface area contributed by atoms with Gasteiger partial charge in [0.05, 0.1) is 6.54 Å². The molecule has 0 saturated carbocycles. The van der Waals surface area contributed by atoms with Gasteiger partial charge in [-0.1, -0.05) is 6.92 Å². The first-order valence-electron chi connectivity index (χ1n) is 9.04. The Labute approximate surface area is 136 Å². The highest BCUT2D eigenvalue weighted by Crippen LogP contribution is 2.18. The summed E-state index contributed by atoms with van der Waals surface area (Å²) in [5.74, 6) is 1.16. The molecule has 2 rings (SSSR count). The van der Waals surface area contributed by atoms with Crippen LogP contribution in [0.25, 0.3) is 0 Å². The number of piperazine rings is 1. The standard InChI is InChI=1S/C17H34N4O/c1-3-18-6-9-19-7-4-17(5-8-19)15-21-12-10-20(11-13-21)14-16(2)22/h17-18H,3-15H2,1-2H3. The maximum absolute atomic E-state index is 11.2. The molecular weight excluding hydrogens is 276 g/mol. The van der Waals surface area contributed by atoms with E-state index in [0.29, 0.717) is 12.3 Å². The van der Waals surface area contributed by atoms with Crippen LogP contribution in [0, 0.1) is 5.92 Å². The van der Waals surface area contributed by atoms with Crippen LogP contribution in [0.1, 0.15) is 26.7 Å². The zero-order valence-corrected chi connectivity index (χ0v) is 14.5.